The Bertz CT molecular complexity index is 423. The molecule has 0 amide bonds. The highest BCUT2D eigenvalue weighted by Gasteiger charge is 2.34. The Morgan fingerprint density at radius 2 is 2.00 bits per heavy atom. The summed E-state index contributed by atoms with van der Waals surface area (Å²) in [6.07, 6.45) is -4.51. The molecule has 0 atom stereocenters. The number of rotatable bonds is 1. The molecule has 0 unspecified atom stereocenters. The van der Waals surface area contributed by atoms with Gasteiger partial charge in [-0.3, -0.25) is 0 Å². The van der Waals surface area contributed by atoms with Gasteiger partial charge in [0.2, 0.25) is 0 Å². The van der Waals surface area contributed by atoms with Crippen LogP contribution < -0.4 is 0 Å². The second-order valence-corrected chi connectivity index (χ2v) is 3.85. The predicted octanol–water partition coefficient (Wildman–Crippen LogP) is 2.67. The molecule has 0 spiro atoms. The molecule has 1 aromatic rings. The lowest BCUT2D eigenvalue weighted by Gasteiger charge is -2.11. The fourth-order valence-electron chi connectivity index (χ4n) is 1.06. The van der Waals surface area contributed by atoms with E-state index in [4.69, 9.17) is 10.4 Å². The first-order valence-corrected chi connectivity index (χ1v) is 4.88. The van der Waals surface area contributed by atoms with Crippen LogP contribution in [0.1, 0.15) is 16.7 Å². The van der Waals surface area contributed by atoms with E-state index in [1.807, 2.05) is 0 Å². The minimum Gasteiger partial charge on any atom is -0.392 e. The number of nitriles is 1. The van der Waals surface area contributed by atoms with Crippen molar-refractivity contribution in [1.29, 1.82) is 5.26 Å². The highest BCUT2D eigenvalue weighted by atomic mass is 127. The summed E-state index contributed by atoms with van der Waals surface area (Å²) in [4.78, 5) is 0. The largest absolute Gasteiger partial charge is 0.417 e. The molecule has 0 aliphatic heterocycles. The van der Waals surface area contributed by atoms with Crippen molar-refractivity contribution >= 4 is 22.6 Å². The molecule has 2 nitrogen and oxygen atoms in total. The number of benzene rings is 1. The molecule has 80 valence electrons. The second-order valence-electron chi connectivity index (χ2n) is 2.77. The van der Waals surface area contributed by atoms with Crippen LogP contribution in [0.5, 0.6) is 0 Å². The van der Waals surface area contributed by atoms with Crippen molar-refractivity contribution < 1.29 is 18.3 Å². The standard InChI is InChI=1S/C9H5F3INO/c10-9(11,12)7-2-5(4-15)1-6(3-14)8(7)13/h1-2,15H,4H2. The van der Waals surface area contributed by atoms with Gasteiger partial charge in [-0.25, -0.2) is 0 Å². The average molecular weight is 327 g/mol. The zero-order valence-corrected chi connectivity index (χ0v) is 9.43. The maximum atomic E-state index is 12.5. The minimum absolute atomic E-state index is 0.0746. The third kappa shape index (κ3) is 2.60. The van der Waals surface area contributed by atoms with Gasteiger partial charge in [-0.1, -0.05) is 0 Å². The molecular weight excluding hydrogens is 322 g/mol. The van der Waals surface area contributed by atoms with Crippen LogP contribution >= 0.6 is 22.6 Å². The van der Waals surface area contributed by atoms with Crippen molar-refractivity contribution in [2.24, 2.45) is 0 Å². The van der Waals surface area contributed by atoms with Crippen molar-refractivity contribution in [3.63, 3.8) is 0 Å². The fourth-order valence-corrected chi connectivity index (χ4v) is 1.80. The predicted molar refractivity (Wildman–Crippen MR) is 54.8 cm³/mol. The number of aliphatic hydroxyl groups excluding tert-OH is 1. The molecule has 1 aromatic carbocycles. The molecule has 0 bridgehead atoms. The number of hydrogen-bond donors (Lipinski definition) is 1. The summed E-state index contributed by atoms with van der Waals surface area (Å²) < 4.78 is 37.3. The Hall–Kier alpha value is -0.810. The first kappa shape index (κ1) is 12.3. The van der Waals surface area contributed by atoms with Crippen molar-refractivity contribution in [1.82, 2.24) is 0 Å². The first-order valence-electron chi connectivity index (χ1n) is 3.80. The summed E-state index contributed by atoms with van der Waals surface area (Å²) in [7, 11) is 0. The van der Waals surface area contributed by atoms with E-state index >= 15 is 0 Å². The fraction of sp³-hybridized carbons (Fsp3) is 0.222. The molecule has 0 aliphatic carbocycles. The summed E-state index contributed by atoms with van der Waals surface area (Å²) in [6.45, 7) is -0.519. The van der Waals surface area contributed by atoms with E-state index < -0.39 is 18.3 Å². The maximum Gasteiger partial charge on any atom is 0.417 e. The minimum atomic E-state index is -4.51. The van der Waals surface area contributed by atoms with Crippen LogP contribution in [-0.4, -0.2) is 5.11 Å². The Labute approximate surface area is 97.5 Å². The van der Waals surface area contributed by atoms with Crippen LogP contribution in [0.25, 0.3) is 0 Å². The van der Waals surface area contributed by atoms with Gasteiger partial charge in [0.05, 0.1) is 17.7 Å². The zero-order valence-electron chi connectivity index (χ0n) is 7.27. The number of halogens is 4. The molecular formula is C9H5F3INO. The average Bonchev–Trinajstić information content (AvgIpc) is 2.16. The third-order valence-corrected chi connectivity index (χ3v) is 2.90. The summed E-state index contributed by atoms with van der Waals surface area (Å²) >= 11 is 1.48. The Morgan fingerprint density at radius 3 is 2.40 bits per heavy atom. The van der Waals surface area contributed by atoms with Gasteiger partial charge >= 0.3 is 6.18 Å². The monoisotopic (exact) mass is 327 g/mol. The van der Waals surface area contributed by atoms with E-state index in [1.54, 1.807) is 6.07 Å². The van der Waals surface area contributed by atoms with E-state index in [0.717, 1.165) is 6.07 Å². The molecule has 0 aromatic heterocycles. The van der Waals surface area contributed by atoms with E-state index in [9.17, 15) is 13.2 Å². The van der Waals surface area contributed by atoms with Crippen molar-refractivity contribution in [3.8, 4) is 6.07 Å². The van der Waals surface area contributed by atoms with Crippen LogP contribution in [0.4, 0.5) is 13.2 Å². The normalized spacial score (nSPS) is 11.2. The molecule has 6 heteroatoms. The van der Waals surface area contributed by atoms with Crippen molar-refractivity contribution in [2.45, 2.75) is 12.8 Å². The van der Waals surface area contributed by atoms with Gasteiger partial charge in [0.15, 0.2) is 0 Å². The molecule has 1 rings (SSSR count). The van der Waals surface area contributed by atoms with Crippen LogP contribution in [0.2, 0.25) is 0 Å². The quantitative estimate of drug-likeness (QED) is 0.806. The van der Waals surface area contributed by atoms with Crippen molar-refractivity contribution in [2.75, 3.05) is 0 Å². The van der Waals surface area contributed by atoms with Crippen LogP contribution in [0, 0.1) is 14.9 Å². The SMILES string of the molecule is N#Cc1cc(CO)cc(C(F)(F)F)c1I. The van der Waals surface area contributed by atoms with Gasteiger partial charge in [0, 0.05) is 3.57 Å². The van der Waals surface area contributed by atoms with Crippen LogP contribution in [0.15, 0.2) is 12.1 Å². The topological polar surface area (TPSA) is 44.0 Å². The second kappa shape index (κ2) is 4.37. The summed E-state index contributed by atoms with van der Waals surface area (Å²) in [6, 6.07) is 3.76. The number of hydrogen-bond acceptors (Lipinski definition) is 2. The van der Waals surface area contributed by atoms with Crippen molar-refractivity contribution in [3.05, 3.63) is 32.4 Å². The van der Waals surface area contributed by atoms with E-state index in [0.29, 0.717) is 0 Å². The van der Waals surface area contributed by atoms with Crippen LogP contribution in [-0.2, 0) is 12.8 Å². The molecule has 15 heavy (non-hydrogen) atoms. The molecule has 0 radical (unpaired) electrons. The Balaban J connectivity index is 3.46. The highest BCUT2D eigenvalue weighted by molar-refractivity contribution is 14.1. The Morgan fingerprint density at radius 1 is 1.40 bits per heavy atom. The Kier molecular flexibility index (Phi) is 3.57. The maximum absolute atomic E-state index is 12.5. The van der Waals surface area contributed by atoms with Crippen LogP contribution in [0.3, 0.4) is 0 Å². The van der Waals surface area contributed by atoms with Gasteiger partial charge in [0.25, 0.3) is 0 Å². The smallest absolute Gasteiger partial charge is 0.392 e. The zero-order chi connectivity index (χ0) is 11.6. The molecule has 0 fully saturated rings. The van der Waals surface area contributed by atoms with Gasteiger partial charge in [-0.2, -0.15) is 18.4 Å². The number of alkyl halides is 3. The summed E-state index contributed by atoms with van der Waals surface area (Å²) in [5.74, 6) is 0. The molecule has 0 saturated heterocycles. The first-order chi connectivity index (χ1) is 6.90. The summed E-state index contributed by atoms with van der Waals surface area (Å²) in [5, 5.41) is 17.4. The summed E-state index contributed by atoms with van der Waals surface area (Å²) in [5.41, 5.74) is -0.875. The van der Waals surface area contributed by atoms with Gasteiger partial charge in [-0.15, -0.1) is 0 Å². The van der Waals surface area contributed by atoms with Gasteiger partial charge < -0.3 is 5.11 Å². The molecule has 0 saturated carbocycles. The molecule has 0 aliphatic rings. The number of aliphatic hydroxyl groups is 1. The number of nitrogens with zero attached hydrogens (tertiary/aromatic N) is 1. The van der Waals surface area contributed by atoms with E-state index in [2.05, 4.69) is 0 Å². The van der Waals surface area contributed by atoms with Gasteiger partial charge in [0.1, 0.15) is 6.07 Å². The lowest BCUT2D eigenvalue weighted by molar-refractivity contribution is -0.138. The van der Waals surface area contributed by atoms with E-state index in [1.165, 1.54) is 28.7 Å². The van der Waals surface area contributed by atoms with E-state index in [-0.39, 0.29) is 14.7 Å². The lowest BCUT2D eigenvalue weighted by Crippen LogP contribution is -2.10. The van der Waals surface area contributed by atoms with Gasteiger partial charge in [-0.05, 0) is 40.3 Å². The molecule has 1 N–H and O–H groups in total. The molecule has 0 heterocycles. The third-order valence-electron chi connectivity index (χ3n) is 1.74. The highest BCUT2D eigenvalue weighted by Crippen LogP contribution is 2.34. The lowest BCUT2D eigenvalue weighted by atomic mass is 10.1.